The maximum absolute atomic E-state index is 5.21. The molecule has 0 radical (unpaired) electrons. The van der Waals surface area contributed by atoms with Gasteiger partial charge in [-0.1, -0.05) is 266 Å². The largest absolute Gasteiger partial charge is 0.265 e. The number of benzene rings is 12. The zero-order valence-corrected chi connectivity index (χ0v) is 72.4. The first-order valence-corrected chi connectivity index (χ1v) is 44.0. The molecule has 0 amide bonds. The molecule has 3 aliphatic carbocycles. The summed E-state index contributed by atoms with van der Waals surface area (Å²) in [6.45, 7) is 14.0. The standard InChI is InChI=1S/3C40H29N3/c1-40(2)33-13-5-3-11-31(33)39-38(40)37(32-12-4-6-16-36(32)43-39)27-19-17-26(18-20-27)28-23-29(34-14-7-9-21-41-34)25-30(24-28)35-15-8-10-22-42-35;1-40(2)35-13-5-3-11-33(35)39-38(40)37(34-12-4-6-14-36(34)43-39)27-17-15-26(16-18-27)30-21-31(28-9-7-19-41-24-28)23-32(22-30)29-10-8-20-42-25-29;1-40(2)35-9-5-3-7-33(35)39-38(40)37(34-8-4-6-10-36(34)43-39)29-13-11-26(12-14-29)30-23-31(27-15-19-41-20-16-27)25-32(24-30)28-17-21-42-22-18-28/h3*3-25H,1-2H3. The van der Waals surface area contributed by atoms with Crippen LogP contribution in [0.5, 0.6) is 0 Å². The summed E-state index contributed by atoms with van der Waals surface area (Å²) < 4.78 is 0. The highest BCUT2D eigenvalue weighted by Crippen LogP contribution is 2.57. The maximum atomic E-state index is 5.21. The average Bonchev–Trinajstić information content (AvgIpc) is 1.56. The van der Waals surface area contributed by atoms with Crippen molar-refractivity contribution in [2.24, 2.45) is 0 Å². The van der Waals surface area contributed by atoms with E-state index in [0.29, 0.717) is 0 Å². The van der Waals surface area contributed by atoms with Crippen molar-refractivity contribution in [3.63, 3.8) is 0 Å². The number of hydrogen-bond donors (Lipinski definition) is 0. The van der Waals surface area contributed by atoms with Crippen LogP contribution in [0.15, 0.2) is 420 Å². The van der Waals surface area contributed by atoms with Crippen LogP contribution in [0.4, 0.5) is 0 Å². The minimum atomic E-state index is -0.161. The monoisotopic (exact) mass is 1650 g/mol. The van der Waals surface area contributed by atoms with Crippen LogP contribution in [0.25, 0.3) is 200 Å². The number of hydrogen-bond acceptors (Lipinski definition) is 9. The molecule has 129 heavy (non-hydrogen) atoms. The van der Waals surface area contributed by atoms with E-state index in [1.807, 2.05) is 98.4 Å². The van der Waals surface area contributed by atoms with Crippen molar-refractivity contribution in [1.29, 1.82) is 0 Å². The van der Waals surface area contributed by atoms with Crippen LogP contribution in [0.3, 0.4) is 0 Å². The molecule has 9 nitrogen and oxygen atoms in total. The zero-order valence-electron chi connectivity index (χ0n) is 72.4. The molecule has 21 aromatic rings. The second kappa shape index (κ2) is 32.4. The molecule has 9 heteroatoms. The van der Waals surface area contributed by atoms with Gasteiger partial charge in [-0.05, 0) is 267 Å². The van der Waals surface area contributed by atoms with Crippen molar-refractivity contribution >= 4 is 32.7 Å². The maximum Gasteiger partial charge on any atom is 0.0759 e. The fourth-order valence-electron chi connectivity index (χ4n) is 20.1. The fraction of sp³-hybridized carbons (Fsp3) is 0.0750. The van der Waals surface area contributed by atoms with E-state index in [-0.39, 0.29) is 16.2 Å². The minimum Gasteiger partial charge on any atom is -0.265 e. The Morgan fingerprint density at radius 3 is 0.752 bits per heavy atom. The number of aromatic nitrogens is 9. The molecule has 9 aromatic heterocycles. The van der Waals surface area contributed by atoms with Gasteiger partial charge in [-0.3, -0.25) is 29.9 Å². The van der Waals surface area contributed by atoms with Gasteiger partial charge in [0.25, 0.3) is 0 Å². The molecule has 24 rings (SSSR count). The summed E-state index contributed by atoms with van der Waals surface area (Å²) in [6.07, 6.45) is 18.5. The van der Waals surface area contributed by atoms with Crippen LogP contribution in [-0.2, 0) is 16.2 Å². The van der Waals surface area contributed by atoms with Crippen molar-refractivity contribution in [3.8, 4) is 168 Å². The molecule has 9 heterocycles. The lowest BCUT2D eigenvalue weighted by Gasteiger charge is -2.25. The molecule has 0 fully saturated rings. The van der Waals surface area contributed by atoms with Gasteiger partial charge >= 0.3 is 0 Å². The molecule has 0 bridgehead atoms. The van der Waals surface area contributed by atoms with Gasteiger partial charge < -0.3 is 0 Å². The van der Waals surface area contributed by atoms with Crippen LogP contribution in [0.2, 0.25) is 0 Å². The molecular formula is C120H87N9. The summed E-state index contributed by atoms with van der Waals surface area (Å²) in [6, 6.07) is 128. The first-order valence-electron chi connectivity index (χ1n) is 44.0. The molecule has 0 N–H and O–H groups in total. The lowest BCUT2D eigenvalue weighted by atomic mass is 9.78. The van der Waals surface area contributed by atoms with Gasteiger partial charge in [-0.2, -0.15) is 0 Å². The Labute approximate surface area is 751 Å². The van der Waals surface area contributed by atoms with E-state index in [9.17, 15) is 0 Å². The van der Waals surface area contributed by atoms with Crippen molar-refractivity contribution in [3.05, 3.63) is 453 Å². The molecule has 0 unspecified atom stereocenters. The van der Waals surface area contributed by atoms with E-state index in [1.54, 1.807) is 0 Å². The Morgan fingerprint density at radius 2 is 0.450 bits per heavy atom. The molecule has 0 saturated carbocycles. The Bertz CT molecular complexity index is 6960. The van der Waals surface area contributed by atoms with Crippen LogP contribution in [0, 0.1) is 0 Å². The summed E-state index contributed by atoms with van der Waals surface area (Å²) in [5, 5.41) is 3.56. The van der Waals surface area contributed by atoms with Crippen molar-refractivity contribution in [2.45, 2.75) is 57.8 Å². The van der Waals surface area contributed by atoms with Gasteiger partial charge in [-0.25, -0.2) is 15.0 Å². The van der Waals surface area contributed by atoms with Gasteiger partial charge in [0.15, 0.2) is 0 Å². The molecule has 12 aromatic carbocycles. The van der Waals surface area contributed by atoms with Crippen molar-refractivity contribution in [1.82, 2.24) is 44.9 Å². The number of pyridine rings is 9. The van der Waals surface area contributed by atoms with Gasteiger partial charge in [0.2, 0.25) is 0 Å². The first-order chi connectivity index (χ1) is 63.2. The van der Waals surface area contributed by atoms with Crippen LogP contribution < -0.4 is 0 Å². The molecular weight excluding hydrogens is 1570 g/mol. The molecule has 0 saturated heterocycles. The van der Waals surface area contributed by atoms with Gasteiger partial charge in [0.1, 0.15) is 0 Å². The summed E-state index contributed by atoms with van der Waals surface area (Å²) >= 11 is 0. The quantitative estimate of drug-likeness (QED) is 0.118. The third-order valence-corrected chi connectivity index (χ3v) is 26.4. The van der Waals surface area contributed by atoms with E-state index in [0.717, 1.165) is 123 Å². The highest BCUT2D eigenvalue weighted by atomic mass is 14.8. The summed E-state index contributed by atoms with van der Waals surface area (Å²) in [7, 11) is 0. The number of rotatable bonds is 12. The lowest BCUT2D eigenvalue weighted by Crippen LogP contribution is -2.16. The molecule has 3 aliphatic rings. The minimum absolute atomic E-state index is 0.157. The average molecular weight is 1660 g/mol. The van der Waals surface area contributed by atoms with E-state index in [4.69, 9.17) is 15.0 Å². The van der Waals surface area contributed by atoms with Gasteiger partial charge in [0.05, 0.1) is 45.0 Å². The number of para-hydroxylation sites is 3. The number of fused-ring (bicyclic) bond motifs is 12. The van der Waals surface area contributed by atoms with Crippen LogP contribution in [0.1, 0.15) is 74.9 Å². The Hall–Kier alpha value is -16.2. The predicted molar refractivity (Wildman–Crippen MR) is 530 cm³/mol. The molecule has 612 valence electrons. The fourth-order valence-corrected chi connectivity index (χ4v) is 20.1. The normalized spacial score (nSPS) is 13.1. The van der Waals surface area contributed by atoms with E-state index < -0.39 is 0 Å². The second-order valence-corrected chi connectivity index (χ2v) is 35.2. The van der Waals surface area contributed by atoms with Gasteiger partial charge in [0, 0.05) is 133 Å². The summed E-state index contributed by atoms with van der Waals surface area (Å²) in [4.78, 5) is 42.1. The highest BCUT2D eigenvalue weighted by molar-refractivity contribution is 6.06. The molecule has 0 aliphatic heterocycles. The predicted octanol–water partition coefficient (Wildman–Crippen LogP) is 30.0. The second-order valence-electron chi connectivity index (χ2n) is 35.2. The smallest absolute Gasteiger partial charge is 0.0759 e. The molecule has 0 atom stereocenters. The number of nitrogens with zero attached hydrogens (tertiary/aromatic N) is 9. The first kappa shape index (κ1) is 78.7. The van der Waals surface area contributed by atoms with E-state index in [1.165, 1.54) is 111 Å². The zero-order chi connectivity index (χ0) is 86.9. The van der Waals surface area contributed by atoms with Crippen LogP contribution >= 0.6 is 0 Å². The Balaban J connectivity index is 0.000000114. The Morgan fingerprint density at radius 1 is 0.186 bits per heavy atom. The molecule has 0 spiro atoms. The third-order valence-electron chi connectivity index (χ3n) is 26.4. The Kier molecular flexibility index (Phi) is 19.8. The third kappa shape index (κ3) is 14.2. The summed E-state index contributed by atoms with van der Waals surface area (Å²) in [5.74, 6) is 0. The topological polar surface area (TPSA) is 116 Å². The summed E-state index contributed by atoms with van der Waals surface area (Å²) in [5.41, 5.74) is 45.0. The lowest BCUT2D eigenvalue weighted by molar-refractivity contribution is 0.661. The highest BCUT2D eigenvalue weighted by Gasteiger charge is 2.43. The van der Waals surface area contributed by atoms with E-state index >= 15 is 0 Å². The SMILES string of the molecule is CC1(C)c2ccccc2-c2nc3ccccc3c(-c3ccc(-c4cc(-c5ccccn5)cc(-c5ccccn5)c4)cc3)c21.CC1(C)c2ccccc2-c2nc3ccccc3c(-c3ccc(-c4cc(-c5cccnc5)cc(-c5cccnc5)c4)cc3)c21.CC1(C)c2ccccc2-c2nc3ccccc3c(-c3ccc(-c4cc(-c5ccncc5)cc(-c5ccncc5)c4)cc3)c21. The van der Waals surface area contributed by atoms with Crippen LogP contribution in [-0.4, -0.2) is 44.9 Å². The van der Waals surface area contributed by atoms with Gasteiger partial charge in [-0.15, -0.1) is 0 Å². The van der Waals surface area contributed by atoms with Crippen molar-refractivity contribution in [2.75, 3.05) is 0 Å². The van der Waals surface area contributed by atoms with E-state index in [2.05, 4.69) is 393 Å². The van der Waals surface area contributed by atoms with Crippen molar-refractivity contribution < 1.29 is 0 Å².